The van der Waals surface area contributed by atoms with Crippen molar-refractivity contribution in [1.29, 1.82) is 0 Å². The van der Waals surface area contributed by atoms with E-state index in [9.17, 15) is 0 Å². The van der Waals surface area contributed by atoms with Gasteiger partial charge >= 0.3 is 0 Å². The van der Waals surface area contributed by atoms with E-state index in [1.165, 1.54) is 11.3 Å². The topological polar surface area (TPSA) is 47.1 Å². The fraction of sp³-hybridized carbons (Fsp3) is 0.471. The number of hydrogen-bond donors (Lipinski definition) is 1. The summed E-state index contributed by atoms with van der Waals surface area (Å²) in [4.78, 5) is 2.51. The van der Waals surface area contributed by atoms with Crippen LogP contribution < -0.4 is 5.73 Å². The van der Waals surface area contributed by atoms with Gasteiger partial charge in [-0.05, 0) is 31.0 Å². The molecular formula is C17H24N4. The van der Waals surface area contributed by atoms with Gasteiger partial charge in [0, 0.05) is 38.3 Å². The Labute approximate surface area is 126 Å². The van der Waals surface area contributed by atoms with E-state index in [-0.39, 0.29) is 0 Å². The molecule has 2 N–H and O–H groups in total. The minimum Gasteiger partial charge on any atom is -0.330 e. The molecule has 1 aliphatic rings. The molecule has 2 aromatic rings. The van der Waals surface area contributed by atoms with E-state index in [2.05, 4.69) is 58.0 Å². The van der Waals surface area contributed by atoms with Gasteiger partial charge in [0.25, 0.3) is 0 Å². The molecule has 4 nitrogen and oxygen atoms in total. The second kappa shape index (κ2) is 6.41. The van der Waals surface area contributed by atoms with Crippen molar-refractivity contribution >= 4 is 0 Å². The van der Waals surface area contributed by atoms with Gasteiger partial charge < -0.3 is 5.73 Å². The average molecular weight is 284 g/mol. The lowest BCUT2D eigenvalue weighted by atomic mass is 9.89. The third-order valence-corrected chi connectivity index (χ3v) is 4.54. The molecule has 0 spiro atoms. The van der Waals surface area contributed by atoms with Crippen LogP contribution >= 0.6 is 0 Å². The van der Waals surface area contributed by atoms with Crippen LogP contribution in [-0.2, 0) is 13.1 Å². The summed E-state index contributed by atoms with van der Waals surface area (Å²) in [6.45, 7) is 6.94. The molecule has 1 aromatic carbocycles. The maximum atomic E-state index is 6.01. The minimum absolute atomic E-state index is 0.547. The second-order valence-corrected chi connectivity index (χ2v) is 5.85. The number of aryl methyl sites for hydroxylation is 1. The highest BCUT2D eigenvalue weighted by atomic mass is 15.3. The Balaban J connectivity index is 1.72. The fourth-order valence-electron chi connectivity index (χ4n) is 3.41. The lowest BCUT2D eigenvalue weighted by molar-refractivity contribution is 0.305. The fourth-order valence-corrected chi connectivity index (χ4v) is 3.41. The van der Waals surface area contributed by atoms with Crippen LogP contribution in [0.15, 0.2) is 42.6 Å². The zero-order chi connectivity index (χ0) is 14.7. The van der Waals surface area contributed by atoms with Crippen molar-refractivity contribution in [3.05, 3.63) is 53.9 Å². The highest BCUT2D eigenvalue weighted by Gasteiger charge is 2.32. The largest absolute Gasteiger partial charge is 0.330 e. The van der Waals surface area contributed by atoms with E-state index in [0.29, 0.717) is 11.8 Å². The SMILES string of the molecule is CCn1nccc1CN1C[C@@H](CN)[C@H](c2ccccc2)C1. The van der Waals surface area contributed by atoms with Crippen molar-refractivity contribution < 1.29 is 0 Å². The summed E-state index contributed by atoms with van der Waals surface area (Å²) in [5.74, 6) is 1.10. The quantitative estimate of drug-likeness (QED) is 0.914. The molecule has 0 bridgehead atoms. The van der Waals surface area contributed by atoms with Crippen molar-refractivity contribution in [1.82, 2.24) is 14.7 Å². The van der Waals surface area contributed by atoms with Gasteiger partial charge in [-0.15, -0.1) is 0 Å². The maximum absolute atomic E-state index is 6.01. The first-order valence-electron chi connectivity index (χ1n) is 7.80. The summed E-state index contributed by atoms with van der Waals surface area (Å²) in [7, 11) is 0. The molecule has 112 valence electrons. The first-order chi connectivity index (χ1) is 10.3. The van der Waals surface area contributed by atoms with Crippen LogP contribution in [0.5, 0.6) is 0 Å². The van der Waals surface area contributed by atoms with Crippen LogP contribution in [0.25, 0.3) is 0 Å². The zero-order valence-corrected chi connectivity index (χ0v) is 12.7. The van der Waals surface area contributed by atoms with Gasteiger partial charge in [0.05, 0.1) is 5.69 Å². The van der Waals surface area contributed by atoms with Crippen LogP contribution in [0.4, 0.5) is 0 Å². The molecule has 0 radical (unpaired) electrons. The molecule has 4 heteroatoms. The van der Waals surface area contributed by atoms with E-state index >= 15 is 0 Å². The molecular weight excluding hydrogens is 260 g/mol. The van der Waals surface area contributed by atoms with Crippen molar-refractivity contribution in [2.75, 3.05) is 19.6 Å². The van der Waals surface area contributed by atoms with Gasteiger partial charge in [-0.25, -0.2) is 0 Å². The van der Waals surface area contributed by atoms with Crippen molar-refractivity contribution in [2.45, 2.75) is 25.9 Å². The Bertz CT molecular complexity index is 563. The number of rotatable bonds is 5. The van der Waals surface area contributed by atoms with Crippen molar-refractivity contribution in [3.8, 4) is 0 Å². The van der Waals surface area contributed by atoms with E-state index < -0.39 is 0 Å². The molecule has 0 aliphatic carbocycles. The molecule has 1 aliphatic heterocycles. The highest BCUT2D eigenvalue weighted by molar-refractivity contribution is 5.22. The van der Waals surface area contributed by atoms with Gasteiger partial charge in [-0.3, -0.25) is 9.58 Å². The Hall–Kier alpha value is -1.65. The third kappa shape index (κ3) is 3.01. The molecule has 0 amide bonds. The lowest BCUT2D eigenvalue weighted by Crippen LogP contribution is -2.24. The summed E-state index contributed by atoms with van der Waals surface area (Å²) >= 11 is 0. The summed E-state index contributed by atoms with van der Waals surface area (Å²) in [5.41, 5.74) is 8.72. The van der Waals surface area contributed by atoms with Crippen LogP contribution in [0.3, 0.4) is 0 Å². The highest BCUT2D eigenvalue weighted by Crippen LogP contribution is 2.32. The Kier molecular flexibility index (Phi) is 4.36. The molecule has 0 unspecified atom stereocenters. The lowest BCUT2D eigenvalue weighted by Gasteiger charge is -2.17. The Morgan fingerprint density at radius 1 is 1.19 bits per heavy atom. The number of hydrogen-bond acceptors (Lipinski definition) is 3. The molecule has 2 heterocycles. The van der Waals surface area contributed by atoms with Crippen molar-refractivity contribution in [2.24, 2.45) is 11.7 Å². The molecule has 1 fully saturated rings. The monoisotopic (exact) mass is 284 g/mol. The zero-order valence-electron chi connectivity index (χ0n) is 12.7. The second-order valence-electron chi connectivity index (χ2n) is 5.85. The van der Waals surface area contributed by atoms with Gasteiger partial charge in [-0.1, -0.05) is 30.3 Å². The number of benzene rings is 1. The van der Waals surface area contributed by atoms with Crippen LogP contribution in [-0.4, -0.2) is 34.3 Å². The van der Waals surface area contributed by atoms with Gasteiger partial charge in [0.1, 0.15) is 0 Å². The smallest absolute Gasteiger partial charge is 0.0524 e. The summed E-state index contributed by atoms with van der Waals surface area (Å²) in [6, 6.07) is 12.9. The van der Waals surface area contributed by atoms with Crippen molar-refractivity contribution in [3.63, 3.8) is 0 Å². The molecule has 2 atom stereocenters. The van der Waals surface area contributed by atoms with E-state index in [1.54, 1.807) is 0 Å². The standard InChI is InChI=1S/C17H24N4/c1-2-21-16(8-9-19-21)12-20-11-15(10-18)17(13-20)14-6-4-3-5-7-14/h3-9,15,17H,2,10-13,18H2,1H3/t15-,17+/m1/s1. The number of nitrogens with zero attached hydrogens (tertiary/aromatic N) is 3. The summed E-state index contributed by atoms with van der Waals surface area (Å²) in [6.07, 6.45) is 1.89. The van der Waals surface area contributed by atoms with Gasteiger partial charge in [-0.2, -0.15) is 5.10 Å². The third-order valence-electron chi connectivity index (χ3n) is 4.54. The summed E-state index contributed by atoms with van der Waals surface area (Å²) < 4.78 is 2.08. The average Bonchev–Trinajstić information content (AvgIpc) is 3.14. The Morgan fingerprint density at radius 3 is 2.71 bits per heavy atom. The molecule has 21 heavy (non-hydrogen) atoms. The first kappa shape index (κ1) is 14.3. The number of likely N-dealkylation sites (tertiary alicyclic amines) is 1. The van der Waals surface area contributed by atoms with Crippen LogP contribution in [0, 0.1) is 5.92 Å². The Morgan fingerprint density at radius 2 is 2.00 bits per heavy atom. The molecule has 1 saturated heterocycles. The van der Waals surface area contributed by atoms with E-state index in [1.807, 2.05) is 6.20 Å². The number of aromatic nitrogens is 2. The first-order valence-corrected chi connectivity index (χ1v) is 7.80. The predicted octanol–water partition coefficient (Wildman–Crippen LogP) is 2.08. The maximum Gasteiger partial charge on any atom is 0.0524 e. The van der Waals surface area contributed by atoms with Gasteiger partial charge in [0.2, 0.25) is 0 Å². The minimum atomic E-state index is 0.547. The molecule has 3 rings (SSSR count). The van der Waals surface area contributed by atoms with E-state index in [0.717, 1.165) is 32.7 Å². The number of nitrogens with two attached hydrogens (primary N) is 1. The van der Waals surface area contributed by atoms with E-state index in [4.69, 9.17) is 5.73 Å². The van der Waals surface area contributed by atoms with Crippen LogP contribution in [0.1, 0.15) is 24.1 Å². The molecule has 0 saturated carbocycles. The van der Waals surface area contributed by atoms with Crippen LogP contribution in [0.2, 0.25) is 0 Å². The normalized spacial score (nSPS) is 22.8. The molecule has 1 aromatic heterocycles. The summed E-state index contributed by atoms with van der Waals surface area (Å²) in [5, 5.41) is 4.36. The predicted molar refractivity (Wildman–Crippen MR) is 84.9 cm³/mol. The van der Waals surface area contributed by atoms with Gasteiger partial charge in [0.15, 0.2) is 0 Å².